The summed E-state index contributed by atoms with van der Waals surface area (Å²) in [6.45, 7) is 0. The van der Waals surface area contributed by atoms with Crippen LogP contribution in [0.25, 0.3) is 91.3 Å². The molecule has 10 aromatic rings. The van der Waals surface area contributed by atoms with Crippen LogP contribution in [0.1, 0.15) is 23.7 Å². The third kappa shape index (κ3) is 6.69. The van der Waals surface area contributed by atoms with Crippen LogP contribution in [0.2, 0.25) is 0 Å². The second kappa shape index (κ2) is 15.2. The first-order valence-electron chi connectivity index (χ1n) is 20.2. The molecule has 1 atom stereocenters. The van der Waals surface area contributed by atoms with Crippen molar-refractivity contribution in [2.45, 2.75) is 12.5 Å². The molecule has 0 saturated heterocycles. The number of thiophene rings is 2. The summed E-state index contributed by atoms with van der Waals surface area (Å²) in [7, 11) is 0. The Morgan fingerprint density at radius 2 is 0.847 bits per heavy atom. The summed E-state index contributed by atoms with van der Waals surface area (Å²) in [5, 5.41) is 5.00. The van der Waals surface area contributed by atoms with Crippen LogP contribution in [-0.4, -0.2) is 0 Å². The van der Waals surface area contributed by atoms with E-state index < -0.39 is 0 Å². The molecule has 8 aromatic carbocycles. The molecule has 280 valence electrons. The highest BCUT2D eigenvalue weighted by molar-refractivity contribution is 7.19. The molecule has 2 aromatic heterocycles. The maximum absolute atomic E-state index is 6.96. The average Bonchev–Trinajstić information content (AvgIpc) is 4.12. The van der Waals surface area contributed by atoms with Crippen LogP contribution in [0, 0.1) is 0 Å². The Kier molecular flexibility index (Phi) is 9.11. The normalized spacial score (nSPS) is 13.8. The van der Waals surface area contributed by atoms with Crippen LogP contribution in [0.3, 0.4) is 0 Å². The van der Waals surface area contributed by atoms with E-state index in [2.05, 4.69) is 212 Å². The van der Waals surface area contributed by atoms with Crippen molar-refractivity contribution < 1.29 is 4.74 Å². The number of fused-ring (bicyclic) bond motifs is 2. The van der Waals surface area contributed by atoms with Gasteiger partial charge in [0.25, 0.3) is 0 Å². The number of benzene rings is 8. The van der Waals surface area contributed by atoms with Crippen molar-refractivity contribution in [2.24, 2.45) is 0 Å². The molecule has 0 amide bonds. The van der Waals surface area contributed by atoms with Gasteiger partial charge in [-0.25, -0.2) is 0 Å². The van der Waals surface area contributed by atoms with Crippen molar-refractivity contribution in [3.63, 3.8) is 0 Å². The molecule has 0 fully saturated rings. The van der Waals surface area contributed by atoms with Crippen molar-refractivity contribution in [3.8, 4) is 64.0 Å². The summed E-state index contributed by atoms with van der Waals surface area (Å²) in [5.74, 6) is 0.933. The van der Waals surface area contributed by atoms with Gasteiger partial charge in [-0.1, -0.05) is 170 Å². The van der Waals surface area contributed by atoms with Crippen LogP contribution in [0.15, 0.2) is 212 Å². The Balaban J connectivity index is 0.972. The molecular weight excluding hydrogens is 753 g/mol. The topological polar surface area (TPSA) is 9.23 Å². The minimum atomic E-state index is -0.0912. The predicted octanol–water partition coefficient (Wildman–Crippen LogP) is 16.6. The Hall–Kier alpha value is -6.78. The highest BCUT2D eigenvalue weighted by Crippen LogP contribution is 2.47. The lowest BCUT2D eigenvalue weighted by Crippen LogP contribution is -1.99. The molecule has 0 saturated carbocycles. The van der Waals surface area contributed by atoms with Gasteiger partial charge >= 0.3 is 0 Å². The molecule has 1 unspecified atom stereocenters. The summed E-state index contributed by atoms with van der Waals surface area (Å²) in [6, 6.07) is 74.9. The van der Waals surface area contributed by atoms with E-state index >= 15 is 0 Å². The minimum Gasteiger partial charge on any atom is -0.485 e. The SMILES string of the molecule is C1=C(c2ccc(-c3cccc4ccccc34)c(-c3ccc(-c4ccccc4)s3)c2)OC(c2ccc(-c3cccc4ccccc34)c(-c3ccc(-c4ccccc4)s3)c2)C1. The second-order valence-electron chi connectivity index (χ2n) is 15.1. The van der Waals surface area contributed by atoms with Gasteiger partial charge in [0, 0.05) is 37.1 Å². The Labute approximate surface area is 352 Å². The third-order valence-electron chi connectivity index (χ3n) is 11.5. The number of ether oxygens (including phenoxy) is 1. The van der Waals surface area contributed by atoms with Crippen molar-refractivity contribution in [3.05, 3.63) is 223 Å². The van der Waals surface area contributed by atoms with Crippen LogP contribution < -0.4 is 0 Å². The Bertz CT molecular complexity index is 3160. The van der Waals surface area contributed by atoms with Crippen molar-refractivity contribution in [1.82, 2.24) is 0 Å². The predicted molar refractivity (Wildman–Crippen MR) is 253 cm³/mol. The van der Waals surface area contributed by atoms with E-state index in [1.807, 2.05) is 22.7 Å². The highest BCUT2D eigenvalue weighted by Gasteiger charge is 2.25. The van der Waals surface area contributed by atoms with E-state index in [0.717, 1.165) is 17.7 Å². The second-order valence-corrected chi connectivity index (χ2v) is 17.3. The molecule has 3 heterocycles. The molecule has 59 heavy (non-hydrogen) atoms. The van der Waals surface area contributed by atoms with Crippen LogP contribution in [0.5, 0.6) is 0 Å². The summed E-state index contributed by atoms with van der Waals surface area (Å²) in [4.78, 5) is 5.01. The largest absolute Gasteiger partial charge is 0.485 e. The standard InChI is InChI=1S/C56H38OS2/c1-3-15-39(16-4-1)53-31-33-55(58-53)49-35-41(25-27-47(49)45-23-11-19-37-13-7-9-21-43(37)45)51-29-30-52(57-51)42-26-28-48(46-24-12-20-38-14-8-10-22-44(38)46)50(36-42)56-34-32-54(59-56)40-17-5-2-6-18-40/h1-29,31-36,52H,30H2. The summed E-state index contributed by atoms with van der Waals surface area (Å²) < 4.78 is 6.96. The van der Waals surface area contributed by atoms with Gasteiger partial charge in [-0.2, -0.15) is 0 Å². The fraction of sp³-hybridized carbons (Fsp3) is 0.0357. The molecule has 0 bridgehead atoms. The number of hydrogen-bond donors (Lipinski definition) is 0. The lowest BCUT2D eigenvalue weighted by molar-refractivity contribution is 0.195. The lowest BCUT2D eigenvalue weighted by Gasteiger charge is -2.19. The van der Waals surface area contributed by atoms with Gasteiger partial charge in [-0.3, -0.25) is 0 Å². The van der Waals surface area contributed by atoms with Gasteiger partial charge in [0.2, 0.25) is 0 Å². The van der Waals surface area contributed by atoms with Crippen molar-refractivity contribution >= 4 is 50.0 Å². The Morgan fingerprint density at radius 1 is 0.356 bits per heavy atom. The van der Waals surface area contributed by atoms with Crippen LogP contribution in [-0.2, 0) is 4.74 Å². The molecule has 0 radical (unpaired) electrons. The maximum atomic E-state index is 6.96. The number of hydrogen-bond acceptors (Lipinski definition) is 3. The molecule has 1 aliphatic rings. The quantitative estimate of drug-likeness (QED) is 0.149. The van der Waals surface area contributed by atoms with Gasteiger partial charge in [0.1, 0.15) is 11.9 Å². The van der Waals surface area contributed by atoms with E-state index in [9.17, 15) is 0 Å². The molecule has 11 rings (SSSR count). The van der Waals surface area contributed by atoms with Gasteiger partial charge in [0.05, 0.1) is 0 Å². The highest BCUT2D eigenvalue weighted by atomic mass is 32.1. The average molecular weight is 791 g/mol. The molecule has 1 aliphatic heterocycles. The first-order chi connectivity index (χ1) is 29.2. The Morgan fingerprint density at radius 3 is 1.44 bits per heavy atom. The zero-order valence-electron chi connectivity index (χ0n) is 32.2. The van der Waals surface area contributed by atoms with E-state index in [0.29, 0.717) is 0 Å². The maximum Gasteiger partial charge on any atom is 0.127 e. The van der Waals surface area contributed by atoms with Crippen LogP contribution >= 0.6 is 22.7 Å². The van der Waals surface area contributed by atoms with E-state index in [1.54, 1.807) is 0 Å². The van der Waals surface area contributed by atoms with Crippen molar-refractivity contribution in [1.29, 1.82) is 0 Å². The van der Waals surface area contributed by atoms with Gasteiger partial charge in [-0.05, 0) is 109 Å². The zero-order chi connectivity index (χ0) is 39.1. The zero-order valence-corrected chi connectivity index (χ0v) is 33.8. The molecule has 3 heteroatoms. The molecule has 1 nitrogen and oxygen atoms in total. The van der Waals surface area contributed by atoms with Crippen LogP contribution in [0.4, 0.5) is 0 Å². The smallest absolute Gasteiger partial charge is 0.127 e. The minimum absolute atomic E-state index is 0.0912. The monoisotopic (exact) mass is 790 g/mol. The van der Waals surface area contributed by atoms with Gasteiger partial charge in [-0.15, -0.1) is 22.7 Å². The first-order valence-corrected chi connectivity index (χ1v) is 21.8. The summed E-state index contributed by atoms with van der Waals surface area (Å²) in [5.41, 5.74) is 12.1. The summed E-state index contributed by atoms with van der Waals surface area (Å²) in [6.07, 6.45) is 2.99. The third-order valence-corrected chi connectivity index (χ3v) is 13.9. The summed E-state index contributed by atoms with van der Waals surface area (Å²) >= 11 is 3.69. The van der Waals surface area contributed by atoms with E-state index in [4.69, 9.17) is 4.74 Å². The fourth-order valence-corrected chi connectivity index (χ4v) is 10.7. The molecule has 0 N–H and O–H groups in total. The number of rotatable bonds is 8. The van der Waals surface area contributed by atoms with Crippen molar-refractivity contribution in [2.75, 3.05) is 0 Å². The van der Waals surface area contributed by atoms with Gasteiger partial charge in [0.15, 0.2) is 0 Å². The van der Waals surface area contributed by atoms with Gasteiger partial charge < -0.3 is 4.74 Å². The molecular formula is C56H38OS2. The molecule has 0 aliphatic carbocycles. The lowest BCUT2D eigenvalue weighted by atomic mass is 9.91. The van der Waals surface area contributed by atoms with E-state index in [-0.39, 0.29) is 6.10 Å². The van der Waals surface area contributed by atoms with E-state index in [1.165, 1.54) is 91.1 Å². The fourth-order valence-electron chi connectivity index (χ4n) is 8.59. The first kappa shape index (κ1) is 35.4. The molecule has 0 spiro atoms.